The predicted octanol–water partition coefficient (Wildman–Crippen LogP) is 3.41. The fourth-order valence-electron chi connectivity index (χ4n) is 5.31. The summed E-state index contributed by atoms with van der Waals surface area (Å²) in [5.74, 6) is -3.31. The highest BCUT2D eigenvalue weighted by Crippen LogP contribution is 2.30. The number of anilines is 1. The summed E-state index contributed by atoms with van der Waals surface area (Å²) in [4.78, 5) is 54.7. The largest absolute Gasteiger partial charge is 0.494 e. The summed E-state index contributed by atoms with van der Waals surface area (Å²) >= 11 is 6.44. The molecule has 3 amide bonds. The summed E-state index contributed by atoms with van der Waals surface area (Å²) in [7, 11) is 2.74. The zero-order valence-electron chi connectivity index (χ0n) is 24.7. The first-order valence-electron chi connectivity index (χ1n) is 14.1. The number of amides is 3. The predicted molar refractivity (Wildman–Crippen MR) is 161 cm³/mol. The molecule has 45 heavy (non-hydrogen) atoms. The number of rotatable bonds is 7. The molecule has 0 saturated carbocycles. The van der Waals surface area contributed by atoms with E-state index in [9.17, 15) is 23.2 Å². The minimum atomic E-state index is -1.14. The lowest BCUT2D eigenvalue weighted by molar-refractivity contribution is -0.133. The zero-order valence-corrected chi connectivity index (χ0v) is 25.4. The van der Waals surface area contributed by atoms with Gasteiger partial charge in [0.15, 0.2) is 17.4 Å². The van der Waals surface area contributed by atoms with Crippen LogP contribution in [0.1, 0.15) is 40.2 Å². The number of carbonyl (C=O) groups excluding carboxylic acids is 3. The van der Waals surface area contributed by atoms with Crippen molar-refractivity contribution in [1.29, 1.82) is 0 Å². The molecule has 0 bridgehead atoms. The molecule has 2 fully saturated rings. The lowest BCUT2D eigenvalue weighted by Crippen LogP contribution is -2.51. The van der Waals surface area contributed by atoms with Gasteiger partial charge in [-0.15, -0.1) is 0 Å². The van der Waals surface area contributed by atoms with E-state index in [0.29, 0.717) is 38.3 Å². The van der Waals surface area contributed by atoms with Crippen LogP contribution in [-0.4, -0.2) is 94.5 Å². The second kappa shape index (κ2) is 14.9. The van der Waals surface area contributed by atoms with Gasteiger partial charge in [-0.3, -0.25) is 19.2 Å². The van der Waals surface area contributed by atoms with Gasteiger partial charge in [0.1, 0.15) is 0 Å². The minimum Gasteiger partial charge on any atom is -0.494 e. The molecule has 12 nitrogen and oxygen atoms in total. The number of imidazole rings is 1. The monoisotopic (exact) mass is 646 g/mol. The van der Waals surface area contributed by atoms with E-state index in [1.54, 1.807) is 15.9 Å². The molecule has 15 heteroatoms. The van der Waals surface area contributed by atoms with Crippen LogP contribution in [0.5, 0.6) is 5.75 Å². The second-order valence-corrected chi connectivity index (χ2v) is 10.8. The number of benzene rings is 2. The summed E-state index contributed by atoms with van der Waals surface area (Å²) in [5, 5.41) is 13.1. The van der Waals surface area contributed by atoms with Crippen LogP contribution < -0.4 is 15.4 Å². The quantitative estimate of drug-likeness (QED) is 0.331. The Kier molecular flexibility index (Phi) is 11.1. The number of piperazine rings is 1. The van der Waals surface area contributed by atoms with Gasteiger partial charge in [0.25, 0.3) is 18.3 Å². The number of carbonyl (C=O) groups is 4. The summed E-state index contributed by atoms with van der Waals surface area (Å²) in [6, 6.07) is 7.41. The minimum absolute atomic E-state index is 0.0481. The van der Waals surface area contributed by atoms with Crippen molar-refractivity contribution in [3.8, 4) is 17.0 Å². The van der Waals surface area contributed by atoms with Crippen molar-refractivity contribution in [2.75, 3.05) is 45.2 Å². The first kappa shape index (κ1) is 33.3. The SMILES string of the molecule is COc1ccc(-c2cnc(C(=O)Nc3ccc(C(=O)N4CCN(C(=O)C[C@@H]5CCCN5)CC4)c(Cl)c3)n2C)c(F)c1F.O=CO. The van der Waals surface area contributed by atoms with Gasteiger partial charge < -0.3 is 34.8 Å². The molecule has 0 aliphatic carbocycles. The van der Waals surface area contributed by atoms with E-state index in [0.717, 1.165) is 19.4 Å². The standard InChI is InChI=1S/C29H31ClF2N6O4.CH2O2/c1-36-22(20-7-8-23(42-2)26(32)25(20)31)16-34-27(36)28(40)35-18-5-6-19(21(30)14-18)29(41)38-12-10-37(11-13-38)24(39)15-17-4-3-9-33-17;2-1-3/h5-8,14,16-17,33H,3-4,9-13,15H2,1-2H3,(H,35,40);1H,(H,2,3)/t17-;/m0./s1. The van der Waals surface area contributed by atoms with Crippen LogP contribution in [0, 0.1) is 11.6 Å². The fourth-order valence-corrected chi connectivity index (χ4v) is 5.57. The van der Waals surface area contributed by atoms with E-state index in [1.165, 1.54) is 49.2 Å². The maximum absolute atomic E-state index is 14.6. The molecule has 2 aromatic carbocycles. The maximum atomic E-state index is 14.6. The Morgan fingerprint density at radius 1 is 1.13 bits per heavy atom. The number of nitrogens with zero attached hydrogens (tertiary/aromatic N) is 4. The lowest BCUT2D eigenvalue weighted by Gasteiger charge is -2.35. The van der Waals surface area contributed by atoms with E-state index >= 15 is 0 Å². The summed E-state index contributed by atoms with van der Waals surface area (Å²) in [5.41, 5.74) is 0.712. The summed E-state index contributed by atoms with van der Waals surface area (Å²) in [6.45, 7) is 2.42. The highest BCUT2D eigenvalue weighted by molar-refractivity contribution is 6.34. The van der Waals surface area contributed by atoms with E-state index in [2.05, 4.69) is 15.6 Å². The fraction of sp³-hybridized carbons (Fsp3) is 0.367. The van der Waals surface area contributed by atoms with Crippen molar-refractivity contribution in [3.05, 3.63) is 64.6 Å². The highest BCUT2D eigenvalue weighted by atomic mass is 35.5. The summed E-state index contributed by atoms with van der Waals surface area (Å²) < 4.78 is 35.0. The molecule has 3 aromatic rings. The third kappa shape index (κ3) is 7.57. The molecule has 2 saturated heterocycles. The molecule has 3 heterocycles. The number of methoxy groups -OCH3 is 1. The van der Waals surface area contributed by atoms with Crippen LogP contribution in [0.2, 0.25) is 5.02 Å². The first-order valence-corrected chi connectivity index (χ1v) is 14.5. The van der Waals surface area contributed by atoms with Crippen molar-refractivity contribution < 1.29 is 37.8 Å². The van der Waals surface area contributed by atoms with Gasteiger partial charge in [0.2, 0.25) is 11.7 Å². The number of ether oxygens (including phenoxy) is 1. The Bertz CT molecular complexity index is 1570. The van der Waals surface area contributed by atoms with Gasteiger partial charge in [-0.1, -0.05) is 11.6 Å². The Labute approximate surface area is 262 Å². The van der Waals surface area contributed by atoms with E-state index < -0.39 is 17.5 Å². The van der Waals surface area contributed by atoms with Gasteiger partial charge in [0.05, 0.1) is 29.6 Å². The van der Waals surface area contributed by atoms with Crippen LogP contribution >= 0.6 is 11.6 Å². The molecule has 0 unspecified atom stereocenters. The number of aromatic nitrogens is 2. The Hall–Kier alpha value is -4.56. The molecule has 240 valence electrons. The third-order valence-corrected chi connectivity index (χ3v) is 8.01. The zero-order chi connectivity index (χ0) is 32.7. The lowest BCUT2D eigenvalue weighted by atomic mass is 10.1. The number of hydrogen-bond donors (Lipinski definition) is 3. The van der Waals surface area contributed by atoms with Crippen molar-refractivity contribution in [2.45, 2.75) is 25.3 Å². The highest BCUT2D eigenvalue weighted by Gasteiger charge is 2.28. The normalized spacial score (nSPS) is 16.1. The summed E-state index contributed by atoms with van der Waals surface area (Å²) in [6.07, 6.45) is 3.84. The van der Waals surface area contributed by atoms with Crippen LogP contribution in [0.3, 0.4) is 0 Å². The first-order chi connectivity index (χ1) is 21.6. The van der Waals surface area contributed by atoms with Gasteiger partial charge in [-0.2, -0.15) is 4.39 Å². The van der Waals surface area contributed by atoms with Crippen LogP contribution in [0.25, 0.3) is 11.3 Å². The van der Waals surface area contributed by atoms with Crippen LogP contribution in [0.4, 0.5) is 14.5 Å². The van der Waals surface area contributed by atoms with E-state index in [-0.39, 0.29) is 57.7 Å². The number of hydrogen-bond acceptors (Lipinski definition) is 7. The molecule has 2 aliphatic rings. The molecule has 0 radical (unpaired) electrons. The maximum Gasteiger partial charge on any atom is 0.291 e. The van der Waals surface area contributed by atoms with Crippen LogP contribution in [0.15, 0.2) is 36.5 Å². The number of carboxylic acid groups (broad SMARTS) is 1. The smallest absolute Gasteiger partial charge is 0.291 e. The molecule has 1 atom stereocenters. The van der Waals surface area contributed by atoms with Crippen molar-refractivity contribution in [2.24, 2.45) is 7.05 Å². The third-order valence-electron chi connectivity index (χ3n) is 7.69. The van der Waals surface area contributed by atoms with Crippen molar-refractivity contribution in [3.63, 3.8) is 0 Å². The van der Waals surface area contributed by atoms with E-state index in [4.69, 9.17) is 26.2 Å². The Morgan fingerprint density at radius 2 is 1.82 bits per heavy atom. The molecule has 5 rings (SSSR count). The molecular formula is C30H33ClF2N6O6. The van der Waals surface area contributed by atoms with Gasteiger partial charge >= 0.3 is 0 Å². The molecule has 1 aromatic heterocycles. The molecule has 2 aliphatic heterocycles. The van der Waals surface area contributed by atoms with Crippen molar-refractivity contribution >= 4 is 41.5 Å². The molecular weight excluding hydrogens is 614 g/mol. The van der Waals surface area contributed by atoms with Gasteiger partial charge in [0, 0.05) is 56.9 Å². The Balaban J connectivity index is 0.00000148. The average Bonchev–Trinajstić information content (AvgIpc) is 3.68. The molecule has 3 N–H and O–H groups in total. The number of nitrogens with one attached hydrogen (secondary N) is 2. The number of halogens is 3. The van der Waals surface area contributed by atoms with Crippen molar-refractivity contribution in [1.82, 2.24) is 24.7 Å². The van der Waals surface area contributed by atoms with Gasteiger partial charge in [-0.25, -0.2) is 9.37 Å². The Morgan fingerprint density at radius 3 is 2.44 bits per heavy atom. The van der Waals surface area contributed by atoms with Gasteiger partial charge in [-0.05, 0) is 49.7 Å². The molecule has 0 spiro atoms. The topological polar surface area (TPSA) is 146 Å². The average molecular weight is 647 g/mol. The second-order valence-electron chi connectivity index (χ2n) is 10.4. The van der Waals surface area contributed by atoms with E-state index in [1.807, 2.05) is 0 Å². The van der Waals surface area contributed by atoms with Crippen LogP contribution in [-0.2, 0) is 16.6 Å².